The number of benzene rings is 1. The largest absolute Gasteiger partial charge is 0.478 e. The van der Waals surface area contributed by atoms with Gasteiger partial charge in [-0.2, -0.15) is 0 Å². The summed E-state index contributed by atoms with van der Waals surface area (Å²) in [6.07, 6.45) is -0.00278. The van der Waals surface area contributed by atoms with Crippen molar-refractivity contribution in [2.24, 2.45) is 0 Å². The lowest BCUT2D eigenvalue weighted by Crippen LogP contribution is -2.38. The van der Waals surface area contributed by atoms with Gasteiger partial charge in [-0.1, -0.05) is 0 Å². The van der Waals surface area contributed by atoms with Gasteiger partial charge in [0.15, 0.2) is 0 Å². The molecule has 2 atom stereocenters. The molecule has 1 fully saturated rings. The van der Waals surface area contributed by atoms with E-state index >= 15 is 0 Å². The highest BCUT2D eigenvalue weighted by molar-refractivity contribution is 6.00. The van der Waals surface area contributed by atoms with E-state index in [0.29, 0.717) is 25.2 Å². The Bertz CT molecular complexity index is 551. The van der Waals surface area contributed by atoms with Crippen LogP contribution in [-0.4, -0.2) is 60.4 Å². The summed E-state index contributed by atoms with van der Waals surface area (Å²) < 4.78 is 13.5. The van der Waals surface area contributed by atoms with E-state index < -0.39 is 17.9 Å². The molecule has 1 aromatic rings. The third-order valence-electron chi connectivity index (χ3n) is 3.66. The molecule has 21 heavy (non-hydrogen) atoms. The third-order valence-corrected chi connectivity index (χ3v) is 3.66. The molecule has 0 bridgehead atoms. The Morgan fingerprint density at radius 1 is 1.52 bits per heavy atom. The number of nitrogens with zero attached hydrogens (tertiary/aromatic N) is 2. The second-order valence-corrected chi connectivity index (χ2v) is 5.62. The number of aliphatic hydroxyl groups excluding tert-OH is 1. The maximum atomic E-state index is 13.5. The Labute approximate surface area is 122 Å². The van der Waals surface area contributed by atoms with Gasteiger partial charge < -0.3 is 25.7 Å². The highest BCUT2D eigenvalue weighted by atomic mass is 19.1. The van der Waals surface area contributed by atoms with Gasteiger partial charge >= 0.3 is 5.97 Å². The summed E-state index contributed by atoms with van der Waals surface area (Å²) in [5.41, 5.74) is 5.32. The van der Waals surface area contributed by atoms with Crippen molar-refractivity contribution in [2.45, 2.75) is 18.6 Å². The molecule has 1 heterocycles. The molecule has 0 radical (unpaired) electrons. The van der Waals surface area contributed by atoms with E-state index in [1.807, 2.05) is 19.0 Å². The van der Waals surface area contributed by atoms with Gasteiger partial charge in [0.1, 0.15) is 11.4 Å². The van der Waals surface area contributed by atoms with Crippen molar-refractivity contribution < 1.29 is 19.4 Å². The molecule has 116 valence electrons. The van der Waals surface area contributed by atoms with Crippen LogP contribution < -0.4 is 10.6 Å². The van der Waals surface area contributed by atoms with Gasteiger partial charge in [-0.05, 0) is 32.6 Å². The quantitative estimate of drug-likeness (QED) is 0.705. The number of hydrogen-bond donors (Lipinski definition) is 3. The Kier molecular flexibility index (Phi) is 4.34. The lowest BCUT2D eigenvalue weighted by atomic mass is 10.1. The number of aliphatic hydroxyl groups is 1. The number of likely N-dealkylation sites (N-methyl/N-ethyl adjacent to an activating group) is 1. The topological polar surface area (TPSA) is 90.0 Å². The van der Waals surface area contributed by atoms with Crippen LogP contribution in [-0.2, 0) is 0 Å². The Balaban J connectivity index is 2.44. The number of nitrogens with two attached hydrogens (primary N) is 1. The van der Waals surface area contributed by atoms with E-state index in [-0.39, 0.29) is 17.3 Å². The van der Waals surface area contributed by atoms with Crippen LogP contribution in [0, 0.1) is 5.82 Å². The lowest BCUT2D eigenvalue weighted by Gasteiger charge is -2.30. The summed E-state index contributed by atoms with van der Waals surface area (Å²) in [5.74, 6) is -2.02. The number of nitrogen functional groups attached to an aromatic ring is 1. The summed E-state index contributed by atoms with van der Waals surface area (Å²) in [6, 6.07) is 2.53. The standard InChI is InChI=1S/C14H20FN3O3/c1-17(2)6-8-5-9(19)7-18(8)11-4-3-10(15)13(16)12(11)14(20)21/h3-4,8-9,19H,5-7,16H2,1-2H3,(H,20,21). The molecule has 4 N–H and O–H groups in total. The zero-order valence-electron chi connectivity index (χ0n) is 12.1. The number of anilines is 2. The van der Waals surface area contributed by atoms with Gasteiger partial charge in [0.2, 0.25) is 0 Å². The van der Waals surface area contributed by atoms with Crippen LogP contribution in [0.15, 0.2) is 12.1 Å². The molecular weight excluding hydrogens is 277 g/mol. The van der Waals surface area contributed by atoms with Gasteiger partial charge in [0.05, 0.1) is 17.5 Å². The normalized spacial score (nSPS) is 22.0. The van der Waals surface area contributed by atoms with Crippen LogP contribution in [0.25, 0.3) is 0 Å². The molecule has 1 aliphatic rings. The smallest absolute Gasteiger partial charge is 0.340 e. The molecule has 2 rings (SSSR count). The number of halogens is 1. The first-order valence-corrected chi connectivity index (χ1v) is 6.72. The number of carboxylic acids is 1. The van der Waals surface area contributed by atoms with Crippen molar-refractivity contribution in [3.05, 3.63) is 23.5 Å². The molecule has 1 saturated heterocycles. The van der Waals surface area contributed by atoms with E-state index in [9.17, 15) is 19.4 Å². The second-order valence-electron chi connectivity index (χ2n) is 5.62. The molecule has 0 amide bonds. The average Bonchev–Trinajstić information content (AvgIpc) is 2.71. The van der Waals surface area contributed by atoms with Crippen molar-refractivity contribution in [2.75, 3.05) is 37.8 Å². The number of aromatic carboxylic acids is 1. The van der Waals surface area contributed by atoms with Crippen molar-refractivity contribution >= 4 is 17.3 Å². The second kappa shape index (κ2) is 5.87. The van der Waals surface area contributed by atoms with Crippen LogP contribution in [0.4, 0.5) is 15.8 Å². The molecule has 6 nitrogen and oxygen atoms in total. The highest BCUT2D eigenvalue weighted by Gasteiger charge is 2.34. The Hall–Kier alpha value is -1.86. The summed E-state index contributed by atoms with van der Waals surface area (Å²) in [7, 11) is 3.81. The van der Waals surface area contributed by atoms with Crippen molar-refractivity contribution in [1.29, 1.82) is 0 Å². The minimum Gasteiger partial charge on any atom is -0.478 e. The minimum atomic E-state index is -1.27. The summed E-state index contributed by atoms with van der Waals surface area (Å²) >= 11 is 0. The molecule has 1 aromatic carbocycles. The van der Waals surface area contributed by atoms with E-state index in [0.717, 1.165) is 6.07 Å². The first kappa shape index (κ1) is 15.5. The lowest BCUT2D eigenvalue weighted by molar-refractivity contribution is 0.0698. The molecule has 0 aromatic heterocycles. The fraction of sp³-hybridized carbons (Fsp3) is 0.500. The predicted molar refractivity (Wildman–Crippen MR) is 78.1 cm³/mol. The van der Waals surface area contributed by atoms with Crippen LogP contribution in [0.1, 0.15) is 16.8 Å². The number of carboxylic acid groups (broad SMARTS) is 1. The molecule has 1 aliphatic heterocycles. The first-order valence-electron chi connectivity index (χ1n) is 6.72. The SMILES string of the molecule is CN(C)CC1CC(O)CN1c1ccc(F)c(N)c1C(=O)O. The molecule has 2 unspecified atom stereocenters. The van der Waals surface area contributed by atoms with Gasteiger partial charge in [-0.25, -0.2) is 9.18 Å². The minimum absolute atomic E-state index is 0.0436. The zero-order chi connectivity index (χ0) is 15.7. The number of rotatable bonds is 4. The van der Waals surface area contributed by atoms with Crippen molar-refractivity contribution in [3.8, 4) is 0 Å². The molecule has 0 aliphatic carbocycles. The summed E-state index contributed by atoms with van der Waals surface area (Å²) in [6.45, 7) is 0.970. The van der Waals surface area contributed by atoms with E-state index in [1.165, 1.54) is 6.07 Å². The van der Waals surface area contributed by atoms with Crippen LogP contribution in [0.5, 0.6) is 0 Å². The maximum Gasteiger partial charge on any atom is 0.340 e. The number of hydrogen-bond acceptors (Lipinski definition) is 5. The van der Waals surface area contributed by atoms with Gasteiger partial charge in [-0.3, -0.25) is 0 Å². The Morgan fingerprint density at radius 3 is 2.76 bits per heavy atom. The first-order chi connectivity index (χ1) is 9.81. The molecule has 7 heteroatoms. The third kappa shape index (κ3) is 3.08. The Morgan fingerprint density at radius 2 is 2.19 bits per heavy atom. The maximum absolute atomic E-state index is 13.5. The van der Waals surface area contributed by atoms with Crippen LogP contribution in [0.3, 0.4) is 0 Å². The zero-order valence-corrected chi connectivity index (χ0v) is 12.1. The van der Waals surface area contributed by atoms with E-state index in [2.05, 4.69) is 0 Å². The van der Waals surface area contributed by atoms with Gasteiger partial charge in [0, 0.05) is 19.1 Å². The van der Waals surface area contributed by atoms with Crippen molar-refractivity contribution in [3.63, 3.8) is 0 Å². The van der Waals surface area contributed by atoms with Crippen molar-refractivity contribution in [1.82, 2.24) is 4.90 Å². The highest BCUT2D eigenvalue weighted by Crippen LogP contribution is 2.33. The summed E-state index contributed by atoms with van der Waals surface area (Å²) in [5, 5.41) is 19.2. The molecule has 0 saturated carbocycles. The van der Waals surface area contributed by atoms with Crippen LogP contribution in [0.2, 0.25) is 0 Å². The fourth-order valence-electron chi connectivity index (χ4n) is 2.83. The number of β-amino-alcohol motifs (C(OH)–C–C–N with tert-alkyl or cyclic N) is 1. The molecular formula is C14H20FN3O3. The van der Waals surface area contributed by atoms with E-state index in [1.54, 1.807) is 4.90 Å². The van der Waals surface area contributed by atoms with Gasteiger partial charge in [-0.15, -0.1) is 0 Å². The molecule has 0 spiro atoms. The van der Waals surface area contributed by atoms with E-state index in [4.69, 9.17) is 5.73 Å². The predicted octanol–water partition coefficient (Wildman–Crippen LogP) is 0.607. The summed E-state index contributed by atoms with van der Waals surface area (Å²) in [4.78, 5) is 15.2. The monoisotopic (exact) mass is 297 g/mol. The van der Waals surface area contributed by atoms with Gasteiger partial charge in [0.25, 0.3) is 0 Å². The average molecular weight is 297 g/mol. The number of carbonyl (C=O) groups is 1. The fourth-order valence-corrected chi connectivity index (χ4v) is 2.83. The van der Waals surface area contributed by atoms with Crippen LogP contribution >= 0.6 is 0 Å².